The van der Waals surface area contributed by atoms with Gasteiger partial charge in [-0.15, -0.1) is 0 Å². The average Bonchev–Trinajstić information content (AvgIpc) is 2.34. The Kier molecular flexibility index (Phi) is 12.2. The molecule has 0 aliphatic rings. The predicted octanol–water partition coefficient (Wildman–Crippen LogP) is 4.67. The van der Waals surface area contributed by atoms with Crippen molar-refractivity contribution in [2.75, 3.05) is 13.2 Å². The molecule has 4 nitrogen and oxygen atoms in total. The summed E-state index contributed by atoms with van der Waals surface area (Å²) in [6.45, 7) is 4.88. The van der Waals surface area contributed by atoms with Crippen LogP contribution < -0.4 is 0 Å². The Bertz CT molecular complexity index is 221. The molecule has 0 heterocycles. The largest absolute Gasteiger partial charge is 0.472 e. The second-order valence-electron chi connectivity index (χ2n) is 4.61. The van der Waals surface area contributed by atoms with Gasteiger partial charge in [0.1, 0.15) is 0 Å². The number of phosphoric acid groups is 1. The molecule has 18 heavy (non-hydrogen) atoms. The quantitative estimate of drug-likeness (QED) is 0.393. The van der Waals surface area contributed by atoms with Gasteiger partial charge >= 0.3 is 7.82 Å². The van der Waals surface area contributed by atoms with E-state index < -0.39 is 7.82 Å². The highest BCUT2D eigenvalue weighted by molar-refractivity contribution is 7.47. The Morgan fingerprint density at radius 1 is 0.778 bits per heavy atom. The summed E-state index contributed by atoms with van der Waals surface area (Å²) in [5.41, 5.74) is 0. The number of hydrogen-bond acceptors (Lipinski definition) is 3. The molecular formula is C13H29O4P. The summed E-state index contributed by atoms with van der Waals surface area (Å²) in [5, 5.41) is 0. The fraction of sp³-hybridized carbons (Fsp3) is 1.00. The smallest absolute Gasteiger partial charge is 0.302 e. The summed E-state index contributed by atoms with van der Waals surface area (Å²) in [5.74, 6) is 0. The first kappa shape index (κ1) is 18.1. The normalized spacial score (nSPS) is 14.6. The lowest BCUT2D eigenvalue weighted by molar-refractivity contribution is 0.145. The predicted molar refractivity (Wildman–Crippen MR) is 74.6 cm³/mol. The highest BCUT2D eigenvalue weighted by atomic mass is 31.2. The van der Waals surface area contributed by atoms with E-state index in [1.807, 2.05) is 0 Å². The molecule has 0 aromatic carbocycles. The lowest BCUT2D eigenvalue weighted by Gasteiger charge is -2.11. The molecule has 0 fully saturated rings. The van der Waals surface area contributed by atoms with Crippen LogP contribution in [0.1, 0.15) is 71.6 Å². The van der Waals surface area contributed by atoms with E-state index in [0.29, 0.717) is 13.2 Å². The molecule has 0 aromatic rings. The first-order valence-electron chi connectivity index (χ1n) is 7.24. The Morgan fingerprint density at radius 3 is 1.72 bits per heavy atom. The SMILES string of the molecule is CCCCCCCCOP(=O)(O)OCCCCC. The lowest BCUT2D eigenvalue weighted by atomic mass is 10.1. The van der Waals surface area contributed by atoms with E-state index >= 15 is 0 Å². The van der Waals surface area contributed by atoms with E-state index in [-0.39, 0.29) is 0 Å². The van der Waals surface area contributed by atoms with Gasteiger partial charge in [0, 0.05) is 0 Å². The molecule has 0 aliphatic carbocycles. The Morgan fingerprint density at radius 2 is 1.17 bits per heavy atom. The first-order valence-corrected chi connectivity index (χ1v) is 8.73. The molecule has 0 spiro atoms. The topological polar surface area (TPSA) is 55.8 Å². The molecule has 5 heteroatoms. The molecule has 1 unspecified atom stereocenters. The molecule has 0 rings (SSSR count). The van der Waals surface area contributed by atoms with Gasteiger partial charge in [-0.2, -0.15) is 0 Å². The molecule has 110 valence electrons. The summed E-state index contributed by atoms with van der Waals surface area (Å²) in [6.07, 6.45) is 9.66. The molecular weight excluding hydrogens is 251 g/mol. The van der Waals surface area contributed by atoms with Crippen LogP contribution >= 0.6 is 7.82 Å². The monoisotopic (exact) mass is 280 g/mol. The lowest BCUT2D eigenvalue weighted by Crippen LogP contribution is -1.98. The molecule has 0 aliphatic heterocycles. The first-order chi connectivity index (χ1) is 8.62. The van der Waals surface area contributed by atoms with Gasteiger partial charge in [0.05, 0.1) is 13.2 Å². The Hall–Kier alpha value is 0.110. The van der Waals surface area contributed by atoms with Crippen molar-refractivity contribution in [1.82, 2.24) is 0 Å². The van der Waals surface area contributed by atoms with Gasteiger partial charge in [-0.3, -0.25) is 9.05 Å². The number of phosphoric ester groups is 1. The fourth-order valence-corrected chi connectivity index (χ4v) is 2.43. The summed E-state index contributed by atoms with van der Waals surface area (Å²) in [7, 11) is -3.79. The summed E-state index contributed by atoms with van der Waals surface area (Å²) >= 11 is 0. The molecule has 0 aromatic heterocycles. The van der Waals surface area contributed by atoms with Gasteiger partial charge in [0.15, 0.2) is 0 Å². The van der Waals surface area contributed by atoms with E-state index in [2.05, 4.69) is 13.8 Å². The van der Waals surface area contributed by atoms with Crippen LogP contribution in [0.4, 0.5) is 0 Å². The van der Waals surface area contributed by atoms with Crippen LogP contribution in [-0.2, 0) is 13.6 Å². The van der Waals surface area contributed by atoms with E-state index in [1.54, 1.807) is 0 Å². The van der Waals surface area contributed by atoms with Gasteiger partial charge in [0.2, 0.25) is 0 Å². The minimum absolute atomic E-state index is 0.304. The highest BCUT2D eigenvalue weighted by Crippen LogP contribution is 2.43. The van der Waals surface area contributed by atoms with Gasteiger partial charge < -0.3 is 4.89 Å². The third-order valence-electron chi connectivity index (χ3n) is 2.75. The van der Waals surface area contributed by atoms with Crippen LogP contribution in [0.5, 0.6) is 0 Å². The van der Waals surface area contributed by atoms with Crippen molar-refractivity contribution >= 4 is 7.82 Å². The number of unbranched alkanes of at least 4 members (excludes halogenated alkanes) is 7. The maximum Gasteiger partial charge on any atom is 0.472 e. The number of rotatable bonds is 13. The van der Waals surface area contributed by atoms with Crippen LogP contribution in [-0.4, -0.2) is 18.1 Å². The van der Waals surface area contributed by atoms with Crippen molar-refractivity contribution in [1.29, 1.82) is 0 Å². The molecule has 0 radical (unpaired) electrons. The number of hydrogen-bond donors (Lipinski definition) is 1. The van der Waals surface area contributed by atoms with Crippen molar-refractivity contribution in [3.63, 3.8) is 0 Å². The van der Waals surface area contributed by atoms with E-state index in [9.17, 15) is 9.46 Å². The summed E-state index contributed by atoms with van der Waals surface area (Å²) in [6, 6.07) is 0. The Labute approximate surface area is 112 Å². The van der Waals surface area contributed by atoms with Crippen LogP contribution in [0.3, 0.4) is 0 Å². The van der Waals surface area contributed by atoms with Crippen molar-refractivity contribution in [2.24, 2.45) is 0 Å². The van der Waals surface area contributed by atoms with Crippen molar-refractivity contribution in [3.8, 4) is 0 Å². The van der Waals surface area contributed by atoms with Crippen molar-refractivity contribution in [3.05, 3.63) is 0 Å². The van der Waals surface area contributed by atoms with Crippen LogP contribution in [0.15, 0.2) is 0 Å². The summed E-state index contributed by atoms with van der Waals surface area (Å²) < 4.78 is 21.2. The zero-order valence-electron chi connectivity index (χ0n) is 11.9. The average molecular weight is 280 g/mol. The standard InChI is InChI=1S/C13H29O4P/c1-3-5-7-8-9-11-13-17-18(14,15)16-12-10-6-4-2/h3-13H2,1-2H3,(H,14,15). The molecule has 0 saturated carbocycles. The van der Waals surface area contributed by atoms with E-state index in [0.717, 1.165) is 32.1 Å². The van der Waals surface area contributed by atoms with Gasteiger partial charge in [-0.05, 0) is 12.8 Å². The molecule has 1 N–H and O–H groups in total. The third-order valence-corrected chi connectivity index (χ3v) is 3.77. The zero-order chi connectivity index (χ0) is 13.7. The van der Waals surface area contributed by atoms with Crippen LogP contribution in [0.2, 0.25) is 0 Å². The van der Waals surface area contributed by atoms with Gasteiger partial charge in [-0.1, -0.05) is 58.8 Å². The minimum atomic E-state index is -3.79. The maximum atomic E-state index is 11.4. The highest BCUT2D eigenvalue weighted by Gasteiger charge is 2.19. The molecule has 0 amide bonds. The summed E-state index contributed by atoms with van der Waals surface area (Å²) in [4.78, 5) is 9.37. The van der Waals surface area contributed by atoms with Gasteiger partial charge in [0.25, 0.3) is 0 Å². The molecule has 0 saturated heterocycles. The second kappa shape index (κ2) is 12.2. The fourth-order valence-electron chi connectivity index (χ4n) is 1.63. The van der Waals surface area contributed by atoms with Gasteiger partial charge in [-0.25, -0.2) is 4.57 Å². The molecule has 1 atom stereocenters. The zero-order valence-corrected chi connectivity index (χ0v) is 12.8. The van der Waals surface area contributed by atoms with Crippen LogP contribution in [0.25, 0.3) is 0 Å². The Balaban J connectivity index is 3.38. The maximum absolute atomic E-state index is 11.4. The van der Waals surface area contributed by atoms with Crippen molar-refractivity contribution < 1.29 is 18.5 Å². The van der Waals surface area contributed by atoms with Crippen LogP contribution in [0, 0.1) is 0 Å². The van der Waals surface area contributed by atoms with Crippen molar-refractivity contribution in [2.45, 2.75) is 71.6 Å². The third kappa shape index (κ3) is 12.6. The minimum Gasteiger partial charge on any atom is -0.302 e. The second-order valence-corrected chi connectivity index (χ2v) is 6.06. The molecule has 0 bridgehead atoms. The van der Waals surface area contributed by atoms with E-state index in [4.69, 9.17) is 9.05 Å². The van der Waals surface area contributed by atoms with E-state index in [1.165, 1.54) is 25.7 Å².